The molecule has 0 bridgehead atoms. The van der Waals surface area contributed by atoms with Crippen LogP contribution in [0.1, 0.15) is 25.2 Å². The van der Waals surface area contributed by atoms with Gasteiger partial charge >= 0.3 is 0 Å². The van der Waals surface area contributed by atoms with Crippen LogP contribution in [0.5, 0.6) is 0 Å². The number of imidazole rings is 1. The SMILES string of the molecule is CCc1nc2ccccc2n1CC(=O)N1c2ccccc2CC1C. The van der Waals surface area contributed by atoms with Crippen molar-refractivity contribution in [3.05, 3.63) is 59.9 Å². The summed E-state index contributed by atoms with van der Waals surface area (Å²) in [5.41, 5.74) is 4.29. The van der Waals surface area contributed by atoms with E-state index >= 15 is 0 Å². The lowest BCUT2D eigenvalue weighted by atomic mass is 10.1. The molecule has 4 heteroatoms. The molecule has 0 saturated heterocycles. The number of amides is 1. The van der Waals surface area contributed by atoms with Crippen LogP contribution in [-0.4, -0.2) is 21.5 Å². The van der Waals surface area contributed by atoms with E-state index in [1.165, 1.54) is 5.56 Å². The average Bonchev–Trinajstić information content (AvgIpc) is 3.11. The van der Waals surface area contributed by atoms with Crippen molar-refractivity contribution in [1.29, 1.82) is 0 Å². The predicted molar refractivity (Wildman–Crippen MR) is 96.2 cm³/mol. The molecule has 122 valence electrons. The number of hydrogen-bond acceptors (Lipinski definition) is 2. The zero-order valence-corrected chi connectivity index (χ0v) is 14.1. The number of nitrogens with zero attached hydrogens (tertiary/aromatic N) is 3. The molecular formula is C20H21N3O. The number of rotatable bonds is 3. The zero-order chi connectivity index (χ0) is 16.7. The van der Waals surface area contributed by atoms with Crippen LogP contribution in [0, 0.1) is 0 Å². The summed E-state index contributed by atoms with van der Waals surface area (Å²) in [6.45, 7) is 4.53. The largest absolute Gasteiger partial charge is 0.318 e. The highest BCUT2D eigenvalue weighted by molar-refractivity contribution is 5.96. The molecule has 0 fully saturated rings. The number of aryl methyl sites for hydroxylation is 1. The van der Waals surface area contributed by atoms with Crippen LogP contribution in [0.15, 0.2) is 48.5 Å². The molecule has 1 atom stereocenters. The van der Waals surface area contributed by atoms with Gasteiger partial charge in [-0.15, -0.1) is 0 Å². The second kappa shape index (κ2) is 5.78. The summed E-state index contributed by atoms with van der Waals surface area (Å²) in [7, 11) is 0. The lowest BCUT2D eigenvalue weighted by molar-refractivity contribution is -0.119. The number of aromatic nitrogens is 2. The standard InChI is InChI=1S/C20H21N3O/c1-3-19-21-16-9-5-7-11-18(16)22(19)13-20(24)23-14(2)12-15-8-4-6-10-17(15)23/h4-11,14H,3,12-13H2,1-2H3. The van der Waals surface area contributed by atoms with Gasteiger partial charge in [0.2, 0.25) is 5.91 Å². The first-order valence-corrected chi connectivity index (χ1v) is 8.53. The van der Waals surface area contributed by atoms with Crippen molar-refractivity contribution in [1.82, 2.24) is 9.55 Å². The van der Waals surface area contributed by atoms with Crippen LogP contribution in [0.25, 0.3) is 11.0 Å². The molecule has 1 aliphatic heterocycles. The average molecular weight is 319 g/mol. The Bertz CT molecular complexity index is 912. The summed E-state index contributed by atoms with van der Waals surface area (Å²) in [6, 6.07) is 16.4. The van der Waals surface area contributed by atoms with Crippen molar-refractivity contribution in [2.45, 2.75) is 39.3 Å². The normalized spacial score (nSPS) is 16.6. The molecule has 3 aromatic rings. The smallest absolute Gasteiger partial charge is 0.247 e. The molecule has 1 aromatic heterocycles. The number of benzene rings is 2. The molecule has 0 saturated carbocycles. The van der Waals surface area contributed by atoms with Gasteiger partial charge in [0.15, 0.2) is 0 Å². The van der Waals surface area contributed by atoms with E-state index in [-0.39, 0.29) is 11.9 Å². The topological polar surface area (TPSA) is 38.1 Å². The van der Waals surface area contributed by atoms with Crippen molar-refractivity contribution >= 4 is 22.6 Å². The Morgan fingerprint density at radius 1 is 1.17 bits per heavy atom. The van der Waals surface area contributed by atoms with Gasteiger partial charge in [-0.3, -0.25) is 4.79 Å². The van der Waals surface area contributed by atoms with E-state index in [1.807, 2.05) is 47.4 Å². The van der Waals surface area contributed by atoms with Crippen LogP contribution < -0.4 is 4.90 Å². The highest BCUT2D eigenvalue weighted by Crippen LogP contribution is 2.32. The number of carbonyl (C=O) groups is 1. The third kappa shape index (κ3) is 2.30. The minimum absolute atomic E-state index is 0.130. The van der Waals surface area contributed by atoms with E-state index in [4.69, 9.17) is 0 Å². The molecule has 0 aliphatic carbocycles. The molecule has 4 nitrogen and oxygen atoms in total. The molecule has 0 spiro atoms. The molecule has 2 aromatic carbocycles. The van der Waals surface area contributed by atoms with Gasteiger partial charge in [0.05, 0.1) is 11.0 Å². The maximum Gasteiger partial charge on any atom is 0.247 e. The summed E-state index contributed by atoms with van der Waals surface area (Å²) in [5.74, 6) is 1.09. The zero-order valence-electron chi connectivity index (χ0n) is 14.1. The van der Waals surface area contributed by atoms with E-state index in [2.05, 4.69) is 29.5 Å². The Balaban J connectivity index is 1.70. The van der Waals surface area contributed by atoms with Crippen molar-refractivity contribution in [3.8, 4) is 0 Å². The third-order valence-corrected chi connectivity index (χ3v) is 4.82. The minimum atomic E-state index is 0.130. The first-order valence-electron chi connectivity index (χ1n) is 8.53. The number of fused-ring (bicyclic) bond motifs is 2. The second-order valence-corrected chi connectivity index (χ2v) is 6.40. The summed E-state index contributed by atoms with van der Waals surface area (Å²) in [5, 5.41) is 0. The first kappa shape index (κ1) is 14.9. The van der Waals surface area contributed by atoms with E-state index < -0.39 is 0 Å². The van der Waals surface area contributed by atoms with Crippen molar-refractivity contribution in [2.24, 2.45) is 0 Å². The first-order chi connectivity index (χ1) is 11.7. The third-order valence-electron chi connectivity index (χ3n) is 4.82. The Kier molecular flexibility index (Phi) is 3.60. The fourth-order valence-corrected chi connectivity index (χ4v) is 3.73. The Hall–Kier alpha value is -2.62. The van der Waals surface area contributed by atoms with Crippen LogP contribution in [0.4, 0.5) is 5.69 Å². The molecule has 1 aliphatic rings. The maximum absolute atomic E-state index is 13.1. The summed E-state index contributed by atoms with van der Waals surface area (Å²) >= 11 is 0. The quantitative estimate of drug-likeness (QED) is 0.740. The Morgan fingerprint density at radius 3 is 2.75 bits per heavy atom. The summed E-state index contributed by atoms with van der Waals surface area (Å²) in [4.78, 5) is 19.7. The van der Waals surface area contributed by atoms with Gasteiger partial charge in [0.25, 0.3) is 0 Å². The molecule has 2 heterocycles. The summed E-state index contributed by atoms with van der Waals surface area (Å²) in [6.07, 6.45) is 1.74. The van der Waals surface area contributed by atoms with Gasteiger partial charge in [-0.05, 0) is 37.1 Å². The highest BCUT2D eigenvalue weighted by Gasteiger charge is 2.31. The fraction of sp³-hybridized carbons (Fsp3) is 0.300. The van der Waals surface area contributed by atoms with E-state index in [0.717, 1.165) is 35.4 Å². The second-order valence-electron chi connectivity index (χ2n) is 6.40. The van der Waals surface area contributed by atoms with Crippen LogP contribution >= 0.6 is 0 Å². The Labute approximate surface area is 141 Å². The fourth-order valence-electron chi connectivity index (χ4n) is 3.73. The molecule has 24 heavy (non-hydrogen) atoms. The van der Waals surface area contributed by atoms with E-state index in [0.29, 0.717) is 6.54 Å². The number of anilines is 1. The van der Waals surface area contributed by atoms with Crippen LogP contribution in [-0.2, 0) is 24.2 Å². The van der Waals surface area contributed by atoms with Gasteiger partial charge in [0.1, 0.15) is 12.4 Å². The number of para-hydroxylation sites is 3. The lowest BCUT2D eigenvalue weighted by Crippen LogP contribution is -2.38. The van der Waals surface area contributed by atoms with Gasteiger partial charge in [-0.2, -0.15) is 0 Å². The van der Waals surface area contributed by atoms with Crippen LogP contribution in [0.2, 0.25) is 0 Å². The molecule has 1 amide bonds. The molecule has 1 unspecified atom stereocenters. The van der Waals surface area contributed by atoms with Crippen molar-refractivity contribution < 1.29 is 4.79 Å². The monoisotopic (exact) mass is 319 g/mol. The highest BCUT2D eigenvalue weighted by atomic mass is 16.2. The number of carbonyl (C=O) groups excluding carboxylic acids is 1. The minimum Gasteiger partial charge on any atom is -0.318 e. The van der Waals surface area contributed by atoms with E-state index in [9.17, 15) is 4.79 Å². The molecule has 0 radical (unpaired) electrons. The van der Waals surface area contributed by atoms with Gasteiger partial charge in [0, 0.05) is 18.2 Å². The summed E-state index contributed by atoms with van der Waals surface area (Å²) < 4.78 is 2.06. The van der Waals surface area contributed by atoms with Crippen molar-refractivity contribution in [2.75, 3.05) is 4.90 Å². The molecule has 0 N–H and O–H groups in total. The van der Waals surface area contributed by atoms with E-state index in [1.54, 1.807) is 0 Å². The van der Waals surface area contributed by atoms with Gasteiger partial charge < -0.3 is 9.47 Å². The molecule has 4 rings (SSSR count). The van der Waals surface area contributed by atoms with Gasteiger partial charge in [-0.25, -0.2) is 4.98 Å². The van der Waals surface area contributed by atoms with Crippen LogP contribution in [0.3, 0.4) is 0 Å². The number of hydrogen-bond donors (Lipinski definition) is 0. The predicted octanol–water partition coefficient (Wildman–Crippen LogP) is 3.58. The Morgan fingerprint density at radius 2 is 1.92 bits per heavy atom. The van der Waals surface area contributed by atoms with Gasteiger partial charge in [-0.1, -0.05) is 37.3 Å². The lowest BCUT2D eigenvalue weighted by Gasteiger charge is -2.23. The maximum atomic E-state index is 13.1. The molecular weight excluding hydrogens is 298 g/mol. The van der Waals surface area contributed by atoms with Crippen molar-refractivity contribution in [3.63, 3.8) is 0 Å².